The van der Waals surface area contributed by atoms with E-state index < -0.39 is 17.2 Å². The summed E-state index contributed by atoms with van der Waals surface area (Å²) in [6, 6.07) is 6.85. The van der Waals surface area contributed by atoms with E-state index in [0.29, 0.717) is 12.2 Å². The maximum Gasteiger partial charge on any atom is 0.416 e. The van der Waals surface area contributed by atoms with Crippen LogP contribution in [0.3, 0.4) is 0 Å². The van der Waals surface area contributed by atoms with Crippen LogP contribution in [-0.4, -0.2) is 6.54 Å². The quantitative estimate of drug-likeness (QED) is 0.877. The van der Waals surface area contributed by atoms with Crippen LogP contribution in [0.25, 0.3) is 0 Å². The minimum atomic E-state index is -4.32. The van der Waals surface area contributed by atoms with E-state index in [1.54, 1.807) is 13.8 Å². The van der Waals surface area contributed by atoms with E-state index in [1.165, 1.54) is 12.1 Å². The zero-order chi connectivity index (χ0) is 13.1. The lowest BCUT2D eigenvalue weighted by Crippen LogP contribution is -2.20. The van der Waals surface area contributed by atoms with E-state index in [-0.39, 0.29) is 0 Å². The fourth-order valence-corrected chi connectivity index (χ4v) is 1.14. The van der Waals surface area contributed by atoms with Crippen LogP contribution in [0.1, 0.15) is 19.4 Å². The van der Waals surface area contributed by atoms with Gasteiger partial charge in [-0.1, -0.05) is 0 Å². The molecule has 0 heterocycles. The highest BCUT2D eigenvalue weighted by molar-refractivity contribution is 5.45. The van der Waals surface area contributed by atoms with Gasteiger partial charge in [0.25, 0.3) is 0 Å². The Morgan fingerprint density at radius 2 is 1.71 bits per heavy atom. The number of nitrogens with one attached hydrogen (secondary N) is 1. The van der Waals surface area contributed by atoms with Crippen molar-refractivity contribution in [1.29, 1.82) is 5.26 Å². The number of nitriles is 1. The van der Waals surface area contributed by atoms with Gasteiger partial charge in [0.2, 0.25) is 0 Å². The first kappa shape index (κ1) is 13.4. The number of hydrogen-bond acceptors (Lipinski definition) is 2. The molecule has 0 atom stereocenters. The van der Waals surface area contributed by atoms with E-state index in [2.05, 4.69) is 11.4 Å². The molecule has 1 aromatic carbocycles. The van der Waals surface area contributed by atoms with E-state index in [4.69, 9.17) is 5.26 Å². The molecule has 5 heteroatoms. The third-order valence-corrected chi connectivity index (χ3v) is 2.25. The minimum absolute atomic E-state index is 0.384. The maximum absolute atomic E-state index is 12.3. The van der Waals surface area contributed by atoms with Crippen molar-refractivity contribution in [2.75, 3.05) is 11.9 Å². The lowest BCUT2D eigenvalue weighted by atomic mass is 9.96. The minimum Gasteiger partial charge on any atom is -0.383 e. The zero-order valence-corrected chi connectivity index (χ0v) is 9.60. The van der Waals surface area contributed by atoms with Crippen molar-refractivity contribution in [3.63, 3.8) is 0 Å². The molecule has 0 aliphatic rings. The molecular weight excluding hydrogens is 229 g/mol. The molecule has 1 aromatic rings. The largest absolute Gasteiger partial charge is 0.416 e. The number of halogens is 3. The fourth-order valence-electron chi connectivity index (χ4n) is 1.14. The lowest BCUT2D eigenvalue weighted by molar-refractivity contribution is -0.137. The van der Waals surface area contributed by atoms with Gasteiger partial charge in [-0.2, -0.15) is 18.4 Å². The highest BCUT2D eigenvalue weighted by Crippen LogP contribution is 2.29. The number of rotatable bonds is 3. The molecule has 2 nitrogen and oxygen atoms in total. The van der Waals surface area contributed by atoms with Crippen molar-refractivity contribution in [3.8, 4) is 6.07 Å². The molecule has 1 N–H and O–H groups in total. The highest BCUT2D eigenvalue weighted by atomic mass is 19.4. The molecule has 0 aromatic heterocycles. The van der Waals surface area contributed by atoms with Gasteiger partial charge >= 0.3 is 6.18 Å². The smallest absolute Gasteiger partial charge is 0.383 e. The van der Waals surface area contributed by atoms with Crippen molar-refractivity contribution in [1.82, 2.24) is 0 Å². The predicted octanol–water partition coefficient (Wildman–Crippen LogP) is 3.67. The first-order chi connectivity index (χ1) is 7.74. The molecule has 0 radical (unpaired) electrons. The second-order valence-electron chi connectivity index (χ2n) is 4.42. The molecule has 0 amide bonds. The van der Waals surface area contributed by atoms with E-state index in [9.17, 15) is 13.2 Å². The summed E-state index contributed by atoms with van der Waals surface area (Å²) in [5.74, 6) is 0. The normalized spacial score (nSPS) is 12.0. The van der Waals surface area contributed by atoms with Crippen LogP contribution in [0.15, 0.2) is 24.3 Å². The molecule has 0 saturated heterocycles. The van der Waals surface area contributed by atoms with Crippen molar-refractivity contribution in [2.24, 2.45) is 5.41 Å². The SMILES string of the molecule is CC(C)(C#N)CNc1ccc(C(F)(F)F)cc1. The summed E-state index contributed by atoms with van der Waals surface area (Å²) < 4.78 is 36.9. The molecule has 0 aliphatic heterocycles. The van der Waals surface area contributed by atoms with Crippen LogP contribution in [0.4, 0.5) is 18.9 Å². The van der Waals surface area contributed by atoms with Gasteiger partial charge in [-0.3, -0.25) is 0 Å². The topological polar surface area (TPSA) is 35.8 Å². The summed E-state index contributed by atoms with van der Waals surface area (Å²) in [5, 5.41) is 11.7. The highest BCUT2D eigenvalue weighted by Gasteiger charge is 2.29. The van der Waals surface area contributed by atoms with Crippen LogP contribution in [-0.2, 0) is 6.18 Å². The van der Waals surface area contributed by atoms with Crippen LogP contribution in [0.2, 0.25) is 0 Å². The molecule has 92 valence electrons. The van der Waals surface area contributed by atoms with Gasteiger partial charge in [0.05, 0.1) is 17.0 Å². The van der Waals surface area contributed by atoms with Gasteiger partial charge in [-0.05, 0) is 38.1 Å². The Bertz CT molecular complexity index is 413. The molecule has 0 fully saturated rings. The molecule has 0 aliphatic carbocycles. The molecule has 1 rings (SSSR count). The maximum atomic E-state index is 12.3. The number of anilines is 1. The third kappa shape index (κ3) is 3.99. The van der Waals surface area contributed by atoms with Crippen LogP contribution < -0.4 is 5.32 Å². The van der Waals surface area contributed by atoms with Crippen molar-refractivity contribution in [2.45, 2.75) is 20.0 Å². The number of benzene rings is 1. The average Bonchev–Trinajstić information content (AvgIpc) is 2.26. The average molecular weight is 242 g/mol. The van der Waals surface area contributed by atoms with Gasteiger partial charge < -0.3 is 5.32 Å². The van der Waals surface area contributed by atoms with E-state index in [0.717, 1.165) is 12.1 Å². The van der Waals surface area contributed by atoms with Crippen molar-refractivity contribution < 1.29 is 13.2 Å². The number of alkyl halides is 3. The Labute approximate surface area is 98.1 Å². The van der Waals surface area contributed by atoms with E-state index >= 15 is 0 Å². The Hall–Kier alpha value is -1.70. The van der Waals surface area contributed by atoms with Gasteiger partial charge in [-0.15, -0.1) is 0 Å². The summed E-state index contributed by atoms with van der Waals surface area (Å²) in [6.07, 6.45) is -4.32. The summed E-state index contributed by atoms with van der Waals surface area (Å²) in [4.78, 5) is 0. The van der Waals surface area contributed by atoms with Gasteiger partial charge in [0.15, 0.2) is 0 Å². The Balaban J connectivity index is 2.68. The van der Waals surface area contributed by atoms with Crippen LogP contribution in [0.5, 0.6) is 0 Å². The number of hydrogen-bond donors (Lipinski definition) is 1. The van der Waals surface area contributed by atoms with Gasteiger partial charge in [0.1, 0.15) is 0 Å². The summed E-state index contributed by atoms with van der Waals surface area (Å²) in [6.45, 7) is 3.89. The first-order valence-electron chi connectivity index (χ1n) is 5.07. The van der Waals surface area contributed by atoms with E-state index in [1.807, 2.05) is 0 Å². The van der Waals surface area contributed by atoms with Gasteiger partial charge in [0, 0.05) is 12.2 Å². The molecule has 0 unspecified atom stereocenters. The molecule has 0 saturated carbocycles. The molecular formula is C12H13F3N2. The number of nitrogens with zero attached hydrogens (tertiary/aromatic N) is 1. The second-order valence-corrected chi connectivity index (χ2v) is 4.42. The lowest BCUT2D eigenvalue weighted by Gasteiger charge is -2.17. The van der Waals surface area contributed by atoms with Gasteiger partial charge in [-0.25, -0.2) is 0 Å². The summed E-state index contributed by atoms with van der Waals surface area (Å²) >= 11 is 0. The predicted molar refractivity (Wildman–Crippen MR) is 59.3 cm³/mol. The fraction of sp³-hybridized carbons (Fsp3) is 0.417. The molecule has 0 spiro atoms. The Morgan fingerprint density at radius 1 is 1.18 bits per heavy atom. The Kier molecular flexibility index (Phi) is 3.66. The monoisotopic (exact) mass is 242 g/mol. The molecule has 17 heavy (non-hydrogen) atoms. The Morgan fingerprint density at radius 3 is 2.12 bits per heavy atom. The second kappa shape index (κ2) is 4.66. The third-order valence-electron chi connectivity index (χ3n) is 2.25. The van der Waals surface area contributed by atoms with Crippen LogP contribution >= 0.6 is 0 Å². The first-order valence-corrected chi connectivity index (χ1v) is 5.07. The van der Waals surface area contributed by atoms with Crippen LogP contribution in [0, 0.1) is 16.7 Å². The summed E-state index contributed by atoms with van der Waals surface area (Å²) in [7, 11) is 0. The summed E-state index contributed by atoms with van der Waals surface area (Å²) in [5.41, 5.74) is -0.660. The van der Waals surface area contributed by atoms with Crippen molar-refractivity contribution in [3.05, 3.63) is 29.8 Å². The zero-order valence-electron chi connectivity index (χ0n) is 9.60. The standard InChI is InChI=1S/C12H13F3N2/c1-11(2,7-16)8-17-10-5-3-9(4-6-10)12(13,14)15/h3-6,17H,8H2,1-2H3. The molecule has 0 bridgehead atoms. The van der Waals surface area contributed by atoms with Crippen molar-refractivity contribution >= 4 is 5.69 Å².